The van der Waals surface area contributed by atoms with E-state index in [4.69, 9.17) is 5.73 Å². The van der Waals surface area contributed by atoms with E-state index in [2.05, 4.69) is 0 Å². The number of rotatable bonds is 3. The molecule has 1 rings (SSSR count). The number of imide groups is 1. The Hall–Kier alpha value is -0.550. The van der Waals surface area contributed by atoms with Crippen molar-refractivity contribution in [3.05, 3.63) is 0 Å². The van der Waals surface area contributed by atoms with Crippen molar-refractivity contribution in [3.8, 4) is 0 Å². The van der Waals surface area contributed by atoms with Crippen LogP contribution in [0.4, 0.5) is 4.79 Å². The average Bonchev–Trinajstić information content (AvgIpc) is 2.35. The molecule has 0 bridgehead atoms. The third-order valence-electron chi connectivity index (χ3n) is 1.78. The Kier molecular flexibility index (Phi) is 3.11. The van der Waals surface area contributed by atoms with E-state index < -0.39 is 0 Å². The van der Waals surface area contributed by atoms with E-state index in [1.807, 2.05) is 6.92 Å². The largest absolute Gasteiger partial charge is 0.326 e. The summed E-state index contributed by atoms with van der Waals surface area (Å²) < 4.78 is 0. The van der Waals surface area contributed by atoms with Crippen molar-refractivity contribution >= 4 is 22.9 Å². The van der Waals surface area contributed by atoms with Crippen molar-refractivity contribution in [1.82, 2.24) is 4.90 Å². The molecule has 1 saturated heterocycles. The molecule has 1 aliphatic rings. The lowest BCUT2D eigenvalue weighted by atomic mass is 10.2. The maximum absolute atomic E-state index is 11.1. The number of thioether (sulfide) groups is 1. The zero-order valence-corrected chi connectivity index (χ0v) is 7.76. The molecule has 4 nitrogen and oxygen atoms in total. The van der Waals surface area contributed by atoms with E-state index in [1.54, 1.807) is 0 Å². The Bertz CT molecular complexity index is 192. The van der Waals surface area contributed by atoms with Gasteiger partial charge in [-0.3, -0.25) is 14.5 Å². The quantitative estimate of drug-likeness (QED) is 0.697. The molecule has 0 aromatic rings. The van der Waals surface area contributed by atoms with Gasteiger partial charge in [-0.1, -0.05) is 18.7 Å². The summed E-state index contributed by atoms with van der Waals surface area (Å²) in [5, 5.41) is -0.163. The number of nitrogens with two attached hydrogens (primary N) is 1. The van der Waals surface area contributed by atoms with Crippen LogP contribution < -0.4 is 5.73 Å². The molecule has 2 N–H and O–H groups in total. The van der Waals surface area contributed by atoms with Crippen LogP contribution in [0.15, 0.2) is 0 Å². The van der Waals surface area contributed by atoms with Gasteiger partial charge in [0.15, 0.2) is 0 Å². The van der Waals surface area contributed by atoms with Crippen LogP contribution in [-0.4, -0.2) is 34.4 Å². The Morgan fingerprint density at radius 1 is 1.67 bits per heavy atom. The zero-order chi connectivity index (χ0) is 9.14. The van der Waals surface area contributed by atoms with E-state index in [1.165, 1.54) is 4.90 Å². The van der Waals surface area contributed by atoms with Crippen LogP contribution >= 0.6 is 11.8 Å². The number of hydrogen-bond acceptors (Lipinski definition) is 4. The molecule has 12 heavy (non-hydrogen) atoms. The first-order valence-corrected chi connectivity index (χ1v) is 4.86. The molecule has 0 aliphatic carbocycles. The summed E-state index contributed by atoms with van der Waals surface area (Å²) in [6.45, 7) is 2.30. The molecule has 68 valence electrons. The second-order valence-electron chi connectivity index (χ2n) is 2.73. The molecule has 1 atom stereocenters. The molecule has 0 spiro atoms. The van der Waals surface area contributed by atoms with Gasteiger partial charge in [0.1, 0.15) is 0 Å². The molecule has 0 saturated carbocycles. The van der Waals surface area contributed by atoms with Crippen LogP contribution in [0.2, 0.25) is 0 Å². The highest BCUT2D eigenvalue weighted by atomic mass is 32.2. The summed E-state index contributed by atoms with van der Waals surface area (Å²) in [4.78, 5) is 23.3. The van der Waals surface area contributed by atoms with Crippen LogP contribution in [-0.2, 0) is 4.79 Å². The minimum absolute atomic E-state index is 0.0865. The molecule has 0 aromatic carbocycles. The van der Waals surface area contributed by atoms with Gasteiger partial charge in [0.25, 0.3) is 5.24 Å². The van der Waals surface area contributed by atoms with E-state index >= 15 is 0 Å². The van der Waals surface area contributed by atoms with E-state index in [0.717, 1.165) is 18.2 Å². The molecule has 0 aromatic heterocycles. The highest BCUT2D eigenvalue weighted by Gasteiger charge is 2.30. The smallest absolute Gasteiger partial charge is 0.288 e. The Balaban J connectivity index is 2.50. The Morgan fingerprint density at radius 3 is 2.75 bits per heavy atom. The molecule has 1 fully saturated rings. The summed E-state index contributed by atoms with van der Waals surface area (Å²) >= 11 is 1.05. The predicted molar refractivity (Wildman–Crippen MR) is 47.8 cm³/mol. The molecular formula is C7H12N2O2S. The average molecular weight is 188 g/mol. The molecular weight excluding hydrogens is 176 g/mol. The zero-order valence-electron chi connectivity index (χ0n) is 6.95. The second kappa shape index (κ2) is 3.91. The van der Waals surface area contributed by atoms with Crippen LogP contribution in [0.5, 0.6) is 0 Å². The number of nitrogens with zero attached hydrogens (tertiary/aromatic N) is 1. The van der Waals surface area contributed by atoms with Gasteiger partial charge in [-0.05, 0) is 6.42 Å². The third kappa shape index (κ3) is 1.98. The standard InChI is InChI=1S/C7H12N2O2S/c1-2-5(8)3-9-6(10)4-12-7(9)11/h5H,2-4,8H2,1H3. The monoisotopic (exact) mass is 188 g/mol. The van der Waals surface area contributed by atoms with Crippen molar-refractivity contribution < 1.29 is 9.59 Å². The number of carbonyl (C=O) groups is 2. The molecule has 1 heterocycles. The van der Waals surface area contributed by atoms with Crippen molar-refractivity contribution in [2.24, 2.45) is 5.73 Å². The third-order valence-corrected chi connectivity index (χ3v) is 2.64. The summed E-state index contributed by atoms with van der Waals surface area (Å²) in [6.07, 6.45) is 0.779. The van der Waals surface area contributed by atoms with Crippen LogP contribution in [0, 0.1) is 0 Å². The lowest BCUT2D eigenvalue weighted by molar-refractivity contribution is -0.124. The van der Waals surface area contributed by atoms with Gasteiger partial charge in [-0.15, -0.1) is 0 Å². The normalized spacial score (nSPS) is 20.3. The maximum Gasteiger partial charge on any atom is 0.288 e. The van der Waals surface area contributed by atoms with Crippen molar-refractivity contribution in [3.63, 3.8) is 0 Å². The summed E-state index contributed by atoms with van der Waals surface area (Å²) in [5.41, 5.74) is 5.62. The molecule has 1 unspecified atom stereocenters. The Morgan fingerprint density at radius 2 is 2.33 bits per heavy atom. The number of hydrogen-bond donors (Lipinski definition) is 1. The van der Waals surface area contributed by atoms with Gasteiger partial charge in [0.05, 0.1) is 5.75 Å². The topological polar surface area (TPSA) is 63.4 Å². The number of carbonyl (C=O) groups excluding carboxylic acids is 2. The first-order valence-electron chi connectivity index (χ1n) is 3.87. The molecule has 2 amide bonds. The van der Waals surface area contributed by atoms with Crippen molar-refractivity contribution in [2.45, 2.75) is 19.4 Å². The van der Waals surface area contributed by atoms with Crippen molar-refractivity contribution in [2.75, 3.05) is 12.3 Å². The fourth-order valence-corrected chi connectivity index (χ4v) is 1.66. The van der Waals surface area contributed by atoms with E-state index in [9.17, 15) is 9.59 Å². The first-order chi connectivity index (χ1) is 5.65. The van der Waals surface area contributed by atoms with Crippen LogP contribution in [0.3, 0.4) is 0 Å². The fraction of sp³-hybridized carbons (Fsp3) is 0.714. The van der Waals surface area contributed by atoms with Gasteiger partial charge in [-0.25, -0.2) is 0 Å². The highest BCUT2D eigenvalue weighted by molar-refractivity contribution is 8.14. The summed E-state index contributed by atoms with van der Waals surface area (Å²) in [6, 6.07) is -0.0865. The molecule has 5 heteroatoms. The predicted octanol–water partition coefficient (Wildman–Crippen LogP) is 0.419. The van der Waals surface area contributed by atoms with E-state index in [0.29, 0.717) is 6.54 Å². The highest BCUT2D eigenvalue weighted by Crippen LogP contribution is 2.18. The SMILES string of the molecule is CCC(N)CN1C(=O)CSC1=O. The Labute approximate surface area is 75.5 Å². The van der Waals surface area contributed by atoms with Gasteiger partial charge in [0.2, 0.25) is 5.91 Å². The summed E-state index contributed by atoms with van der Waals surface area (Å²) in [7, 11) is 0. The first kappa shape index (κ1) is 9.54. The van der Waals surface area contributed by atoms with E-state index in [-0.39, 0.29) is 22.9 Å². The second-order valence-corrected chi connectivity index (χ2v) is 3.65. The minimum atomic E-state index is -0.163. The summed E-state index contributed by atoms with van der Waals surface area (Å²) in [5.74, 6) is 0.156. The van der Waals surface area contributed by atoms with Gasteiger partial charge in [0, 0.05) is 12.6 Å². The van der Waals surface area contributed by atoms with Crippen LogP contribution in [0.25, 0.3) is 0 Å². The van der Waals surface area contributed by atoms with Gasteiger partial charge >= 0.3 is 0 Å². The van der Waals surface area contributed by atoms with Crippen LogP contribution in [0.1, 0.15) is 13.3 Å². The maximum atomic E-state index is 11.1. The molecule has 1 aliphatic heterocycles. The molecule has 0 radical (unpaired) electrons. The number of amides is 2. The minimum Gasteiger partial charge on any atom is -0.326 e. The lowest BCUT2D eigenvalue weighted by Gasteiger charge is -2.16. The fourth-order valence-electron chi connectivity index (χ4n) is 0.921. The lowest BCUT2D eigenvalue weighted by Crippen LogP contribution is -2.39. The van der Waals surface area contributed by atoms with Gasteiger partial charge < -0.3 is 5.73 Å². The van der Waals surface area contributed by atoms with Crippen molar-refractivity contribution in [1.29, 1.82) is 0 Å². The van der Waals surface area contributed by atoms with Gasteiger partial charge in [-0.2, -0.15) is 0 Å².